The smallest absolute Gasteiger partial charge is 0.252 e. The molecule has 0 saturated carbocycles. The van der Waals surface area contributed by atoms with Gasteiger partial charge in [-0.2, -0.15) is 0 Å². The summed E-state index contributed by atoms with van der Waals surface area (Å²) in [5.74, 6) is 0.202. The van der Waals surface area contributed by atoms with Gasteiger partial charge in [-0.25, -0.2) is 0 Å². The van der Waals surface area contributed by atoms with E-state index in [1.807, 2.05) is 30.3 Å². The number of carbonyl (C=O) groups is 1. The highest BCUT2D eigenvalue weighted by atomic mass is 16.5. The van der Waals surface area contributed by atoms with Crippen molar-refractivity contribution in [3.05, 3.63) is 41.6 Å². The van der Waals surface area contributed by atoms with Gasteiger partial charge in [0.15, 0.2) is 0 Å². The Hall–Kier alpha value is -1.94. The van der Waals surface area contributed by atoms with Crippen LogP contribution < -0.4 is 5.32 Å². The Morgan fingerprint density at radius 3 is 2.80 bits per heavy atom. The Morgan fingerprint density at radius 2 is 2.10 bits per heavy atom. The normalized spacial score (nSPS) is 11.0. The van der Waals surface area contributed by atoms with Crippen molar-refractivity contribution >= 4 is 16.8 Å². The molecule has 0 aliphatic carbocycles. The van der Waals surface area contributed by atoms with Crippen LogP contribution in [-0.2, 0) is 4.74 Å². The third kappa shape index (κ3) is 3.14. The molecule has 0 fully saturated rings. The van der Waals surface area contributed by atoms with Gasteiger partial charge in [-0.3, -0.25) is 9.78 Å². The van der Waals surface area contributed by atoms with E-state index in [-0.39, 0.29) is 11.8 Å². The van der Waals surface area contributed by atoms with Crippen molar-refractivity contribution in [2.24, 2.45) is 0 Å². The molecule has 1 aromatic carbocycles. The highest BCUT2D eigenvalue weighted by Crippen LogP contribution is 2.22. The van der Waals surface area contributed by atoms with Crippen molar-refractivity contribution in [1.29, 1.82) is 0 Å². The zero-order valence-corrected chi connectivity index (χ0v) is 12.1. The van der Waals surface area contributed by atoms with Gasteiger partial charge in [0.2, 0.25) is 0 Å². The Balaban J connectivity index is 2.41. The van der Waals surface area contributed by atoms with Gasteiger partial charge in [-0.15, -0.1) is 0 Å². The number of para-hydroxylation sites is 1. The summed E-state index contributed by atoms with van der Waals surface area (Å²) in [7, 11) is 1.62. The second kappa shape index (κ2) is 6.48. The third-order valence-corrected chi connectivity index (χ3v) is 3.16. The van der Waals surface area contributed by atoms with Gasteiger partial charge >= 0.3 is 0 Å². The Kier molecular flexibility index (Phi) is 4.69. The van der Waals surface area contributed by atoms with Crippen LogP contribution in [0.3, 0.4) is 0 Å². The maximum atomic E-state index is 12.3. The molecule has 106 valence electrons. The minimum atomic E-state index is -0.0810. The maximum Gasteiger partial charge on any atom is 0.252 e. The van der Waals surface area contributed by atoms with Crippen LogP contribution in [0.5, 0.6) is 0 Å². The number of aromatic nitrogens is 1. The summed E-state index contributed by atoms with van der Waals surface area (Å²) in [6.07, 6.45) is 0. The molecule has 0 unspecified atom stereocenters. The van der Waals surface area contributed by atoms with Crippen LogP contribution in [0.25, 0.3) is 10.9 Å². The Morgan fingerprint density at radius 1 is 1.35 bits per heavy atom. The number of methoxy groups -OCH3 is 1. The molecule has 0 aliphatic heterocycles. The van der Waals surface area contributed by atoms with E-state index >= 15 is 0 Å². The summed E-state index contributed by atoms with van der Waals surface area (Å²) in [5.41, 5.74) is 2.46. The van der Waals surface area contributed by atoms with Gasteiger partial charge in [-0.05, 0) is 18.1 Å². The molecule has 0 aliphatic rings. The first-order valence-corrected chi connectivity index (χ1v) is 6.80. The van der Waals surface area contributed by atoms with E-state index in [4.69, 9.17) is 4.74 Å². The van der Waals surface area contributed by atoms with Crippen LogP contribution in [0.1, 0.15) is 35.8 Å². The summed E-state index contributed by atoms with van der Waals surface area (Å²) in [4.78, 5) is 16.9. The second-order valence-corrected chi connectivity index (χ2v) is 5.02. The number of pyridine rings is 1. The first kappa shape index (κ1) is 14.5. The number of hydrogen-bond acceptors (Lipinski definition) is 3. The van der Waals surface area contributed by atoms with Gasteiger partial charge in [0.05, 0.1) is 17.7 Å². The lowest BCUT2D eigenvalue weighted by molar-refractivity contribution is 0.0938. The molecule has 4 nitrogen and oxygen atoms in total. The van der Waals surface area contributed by atoms with Gasteiger partial charge in [0.1, 0.15) is 0 Å². The zero-order chi connectivity index (χ0) is 14.5. The number of hydrogen-bond donors (Lipinski definition) is 1. The lowest BCUT2D eigenvalue weighted by Crippen LogP contribution is -2.27. The molecule has 1 heterocycles. The predicted octanol–water partition coefficient (Wildman–Crippen LogP) is 2.73. The molecule has 0 bridgehead atoms. The average molecular weight is 272 g/mol. The number of nitrogens with zero attached hydrogens (tertiary/aromatic N) is 1. The van der Waals surface area contributed by atoms with Crippen LogP contribution in [0.2, 0.25) is 0 Å². The molecule has 0 atom stereocenters. The predicted molar refractivity (Wildman–Crippen MR) is 80.0 cm³/mol. The standard InChI is InChI=1S/C16H20N2O2/c1-11(2)15-10-13(16(19)17-8-9-20-3)12-6-4-5-7-14(12)18-15/h4-7,10-11H,8-9H2,1-3H3,(H,17,19). The maximum absolute atomic E-state index is 12.3. The number of rotatable bonds is 5. The summed E-state index contributed by atoms with van der Waals surface area (Å²) >= 11 is 0. The molecule has 1 aromatic heterocycles. The Bertz CT molecular complexity index is 608. The van der Waals surface area contributed by atoms with Gasteiger partial charge in [-0.1, -0.05) is 32.0 Å². The van der Waals surface area contributed by atoms with Crippen LogP contribution in [0.15, 0.2) is 30.3 Å². The van der Waals surface area contributed by atoms with E-state index in [0.29, 0.717) is 18.7 Å². The van der Waals surface area contributed by atoms with E-state index in [1.54, 1.807) is 7.11 Å². The zero-order valence-electron chi connectivity index (χ0n) is 12.1. The third-order valence-electron chi connectivity index (χ3n) is 3.16. The van der Waals surface area contributed by atoms with Gasteiger partial charge < -0.3 is 10.1 Å². The van der Waals surface area contributed by atoms with Crippen LogP contribution in [0.4, 0.5) is 0 Å². The van der Waals surface area contributed by atoms with Crippen molar-refractivity contribution < 1.29 is 9.53 Å². The number of nitrogens with one attached hydrogen (secondary N) is 1. The number of ether oxygens (including phenoxy) is 1. The van der Waals surface area contributed by atoms with Crippen molar-refractivity contribution in [2.75, 3.05) is 20.3 Å². The summed E-state index contributed by atoms with van der Waals surface area (Å²) in [6, 6.07) is 9.61. The van der Waals surface area contributed by atoms with Crippen LogP contribution in [-0.4, -0.2) is 31.2 Å². The molecule has 1 amide bonds. The fourth-order valence-corrected chi connectivity index (χ4v) is 2.04. The molecule has 0 spiro atoms. The molecule has 20 heavy (non-hydrogen) atoms. The molecule has 2 aromatic rings. The molecule has 1 N–H and O–H groups in total. The van der Waals surface area contributed by atoms with Gasteiger partial charge in [0, 0.05) is 24.7 Å². The molecule has 0 saturated heterocycles. The summed E-state index contributed by atoms with van der Waals surface area (Å²) in [5, 5.41) is 3.75. The lowest BCUT2D eigenvalue weighted by atomic mass is 10.0. The SMILES string of the molecule is COCCNC(=O)c1cc(C(C)C)nc2ccccc12. The number of carbonyl (C=O) groups excluding carboxylic acids is 1. The quantitative estimate of drug-likeness (QED) is 0.851. The van der Waals surface area contributed by atoms with E-state index in [1.165, 1.54) is 0 Å². The van der Waals surface area contributed by atoms with Crippen molar-refractivity contribution in [3.63, 3.8) is 0 Å². The summed E-state index contributed by atoms with van der Waals surface area (Å²) in [6.45, 7) is 5.15. The van der Waals surface area contributed by atoms with E-state index in [9.17, 15) is 4.79 Å². The van der Waals surface area contributed by atoms with Gasteiger partial charge in [0.25, 0.3) is 5.91 Å². The molecule has 2 rings (SSSR count). The largest absolute Gasteiger partial charge is 0.383 e. The van der Waals surface area contributed by atoms with Crippen molar-refractivity contribution in [2.45, 2.75) is 19.8 Å². The fraction of sp³-hybridized carbons (Fsp3) is 0.375. The van der Waals surface area contributed by atoms with E-state index in [0.717, 1.165) is 16.6 Å². The molecule has 4 heteroatoms. The minimum Gasteiger partial charge on any atom is -0.383 e. The molecular weight excluding hydrogens is 252 g/mol. The highest BCUT2D eigenvalue weighted by molar-refractivity contribution is 6.06. The molecule has 0 radical (unpaired) electrons. The highest BCUT2D eigenvalue weighted by Gasteiger charge is 2.13. The topological polar surface area (TPSA) is 51.2 Å². The Labute approximate surface area is 119 Å². The van der Waals surface area contributed by atoms with Crippen LogP contribution >= 0.6 is 0 Å². The monoisotopic (exact) mass is 272 g/mol. The fourth-order valence-electron chi connectivity index (χ4n) is 2.04. The first-order chi connectivity index (χ1) is 9.63. The van der Waals surface area contributed by atoms with Crippen LogP contribution in [0, 0.1) is 0 Å². The number of fused-ring (bicyclic) bond motifs is 1. The number of benzene rings is 1. The number of amides is 1. The van der Waals surface area contributed by atoms with Crippen molar-refractivity contribution in [3.8, 4) is 0 Å². The molecular formula is C16H20N2O2. The average Bonchev–Trinajstić information content (AvgIpc) is 2.46. The van der Waals surface area contributed by atoms with E-state index < -0.39 is 0 Å². The van der Waals surface area contributed by atoms with Crippen molar-refractivity contribution in [1.82, 2.24) is 10.3 Å². The minimum absolute atomic E-state index is 0.0810. The lowest BCUT2D eigenvalue weighted by Gasteiger charge is -2.11. The second-order valence-electron chi connectivity index (χ2n) is 5.02. The first-order valence-electron chi connectivity index (χ1n) is 6.80. The van der Waals surface area contributed by atoms with E-state index in [2.05, 4.69) is 24.1 Å². The summed E-state index contributed by atoms with van der Waals surface area (Å²) < 4.78 is 4.95.